The zero-order chi connectivity index (χ0) is 37.5. The highest BCUT2D eigenvalue weighted by Crippen LogP contribution is 2.24. The minimum atomic E-state index is 0.287. The summed E-state index contributed by atoms with van der Waals surface area (Å²) in [5.74, 6) is 2.00. The quantitative estimate of drug-likeness (QED) is 0.173. The number of hydrogen-bond acceptors (Lipinski definition) is 10. The number of rotatable bonds is 6. The summed E-state index contributed by atoms with van der Waals surface area (Å²) in [6.45, 7) is 14.4. The van der Waals surface area contributed by atoms with E-state index in [-0.39, 0.29) is 5.28 Å². The number of hydrogen-bond donors (Lipinski definition) is 2. The standard InChI is InChI=1S/C20H24N6.C13H13ClN2.C7H12N4/c1-4-15-5-6-16(11-14(15)2)18-7-8-21-20(22-18)23-19-12-17-13-25(3)9-10-26(17)24-19;1-3-10-4-5-11(8-9(10)2)12-6-7-15-13(14)16-12;1-10-2-3-11-6(5-10)4-7(8)9-11/h5-8,11-12H,4,9-10,13H2,1-3H3,(H,21,22,23,24);4-8H,3H2,1-2H3;4H,2-3,5H2,1H3,(H2,8,9). The molecule has 3 N–H and O–H groups in total. The van der Waals surface area contributed by atoms with E-state index in [0.717, 1.165) is 80.4 Å². The lowest BCUT2D eigenvalue weighted by Gasteiger charge is -2.22. The number of nitrogens with zero attached hydrogens (tertiary/aromatic N) is 10. The van der Waals surface area contributed by atoms with Gasteiger partial charge in [0.2, 0.25) is 11.2 Å². The van der Waals surface area contributed by atoms with Crippen molar-refractivity contribution < 1.29 is 0 Å². The first-order valence-corrected chi connectivity index (χ1v) is 18.5. The van der Waals surface area contributed by atoms with Crippen LogP contribution in [0, 0.1) is 13.8 Å². The van der Waals surface area contributed by atoms with Gasteiger partial charge in [-0.2, -0.15) is 10.2 Å². The van der Waals surface area contributed by atoms with Crippen molar-refractivity contribution in [2.45, 2.75) is 66.7 Å². The summed E-state index contributed by atoms with van der Waals surface area (Å²) in [7, 11) is 4.23. The molecule has 0 saturated carbocycles. The summed E-state index contributed by atoms with van der Waals surface area (Å²) in [5.41, 5.74) is 17.3. The van der Waals surface area contributed by atoms with E-state index in [2.05, 4.69) is 134 Å². The van der Waals surface area contributed by atoms with Crippen molar-refractivity contribution in [3.63, 3.8) is 0 Å². The Labute approximate surface area is 317 Å². The predicted octanol–water partition coefficient (Wildman–Crippen LogP) is 6.98. The van der Waals surface area contributed by atoms with E-state index in [9.17, 15) is 0 Å². The minimum Gasteiger partial charge on any atom is -0.382 e. The molecule has 0 spiro atoms. The lowest BCUT2D eigenvalue weighted by molar-refractivity contribution is 0.259. The van der Waals surface area contributed by atoms with Crippen molar-refractivity contribution in [1.29, 1.82) is 0 Å². The fourth-order valence-corrected chi connectivity index (χ4v) is 6.72. The summed E-state index contributed by atoms with van der Waals surface area (Å²) >= 11 is 5.77. The van der Waals surface area contributed by atoms with E-state index >= 15 is 0 Å². The number of aromatic nitrogens is 8. The van der Waals surface area contributed by atoms with Gasteiger partial charge in [-0.3, -0.25) is 19.2 Å². The second-order valence-electron chi connectivity index (χ2n) is 13.6. The average molecular weight is 733 g/mol. The molecule has 0 aliphatic carbocycles. The Kier molecular flexibility index (Phi) is 12.1. The molecule has 0 saturated heterocycles. The molecule has 276 valence electrons. The molecule has 0 radical (unpaired) electrons. The van der Waals surface area contributed by atoms with Crippen LogP contribution in [-0.4, -0.2) is 76.5 Å². The van der Waals surface area contributed by atoms with Crippen molar-refractivity contribution in [2.24, 2.45) is 0 Å². The number of nitrogens with two attached hydrogens (primary N) is 1. The van der Waals surface area contributed by atoms with Gasteiger partial charge in [0.25, 0.3) is 0 Å². The van der Waals surface area contributed by atoms with Crippen LogP contribution in [-0.2, 0) is 39.0 Å². The maximum absolute atomic E-state index is 5.77. The van der Waals surface area contributed by atoms with Gasteiger partial charge in [-0.1, -0.05) is 38.1 Å². The number of benzene rings is 2. The van der Waals surface area contributed by atoms with Gasteiger partial charge in [-0.15, -0.1) is 0 Å². The van der Waals surface area contributed by atoms with Crippen LogP contribution >= 0.6 is 11.6 Å². The van der Waals surface area contributed by atoms with Crippen LogP contribution in [0.4, 0.5) is 17.6 Å². The van der Waals surface area contributed by atoms with E-state index in [1.807, 2.05) is 22.9 Å². The molecule has 12 nitrogen and oxygen atoms in total. The predicted molar refractivity (Wildman–Crippen MR) is 213 cm³/mol. The summed E-state index contributed by atoms with van der Waals surface area (Å²) in [6, 6.07) is 20.7. The van der Waals surface area contributed by atoms with Crippen LogP contribution in [0.25, 0.3) is 22.5 Å². The molecule has 13 heteroatoms. The molecule has 6 aromatic rings. The number of fused-ring (bicyclic) bond motifs is 2. The van der Waals surface area contributed by atoms with E-state index in [1.54, 1.807) is 12.4 Å². The number of nitrogens with one attached hydrogen (secondary N) is 1. The van der Waals surface area contributed by atoms with Crippen molar-refractivity contribution in [2.75, 3.05) is 38.2 Å². The molecule has 0 amide bonds. The van der Waals surface area contributed by atoms with Gasteiger partial charge >= 0.3 is 0 Å². The van der Waals surface area contributed by atoms with Crippen LogP contribution in [0.2, 0.25) is 5.28 Å². The number of anilines is 3. The van der Waals surface area contributed by atoms with Crippen molar-refractivity contribution in [1.82, 2.24) is 49.3 Å². The van der Waals surface area contributed by atoms with E-state index in [0.29, 0.717) is 11.8 Å². The average Bonchev–Trinajstić information content (AvgIpc) is 3.73. The molecule has 8 rings (SSSR count). The molecule has 0 bridgehead atoms. The Morgan fingerprint density at radius 1 is 0.679 bits per heavy atom. The second-order valence-corrected chi connectivity index (χ2v) is 13.9. The van der Waals surface area contributed by atoms with E-state index in [1.165, 1.54) is 33.6 Å². The van der Waals surface area contributed by atoms with Gasteiger partial charge in [0.1, 0.15) is 5.82 Å². The lowest BCUT2D eigenvalue weighted by Crippen LogP contribution is -2.30. The molecule has 4 aromatic heterocycles. The summed E-state index contributed by atoms with van der Waals surface area (Å²) in [4.78, 5) is 21.7. The highest BCUT2D eigenvalue weighted by Gasteiger charge is 2.17. The zero-order valence-electron chi connectivity index (χ0n) is 31.5. The molecular weight excluding hydrogens is 684 g/mol. The third-order valence-electron chi connectivity index (χ3n) is 9.56. The molecular formula is C40H49ClN12. The summed E-state index contributed by atoms with van der Waals surface area (Å²) in [5, 5.41) is 12.3. The Morgan fingerprint density at radius 3 is 1.79 bits per heavy atom. The SMILES string of the molecule is CCc1ccc(-c2ccnc(Cl)n2)cc1C.CCc1ccc(-c2ccnc(Nc3cc4n(n3)CCN(C)C4)n2)cc1C.CN1CCn2nc(N)cc2C1. The Balaban J connectivity index is 0.000000151. The highest BCUT2D eigenvalue weighted by molar-refractivity contribution is 6.28. The smallest absolute Gasteiger partial charge is 0.228 e. The maximum atomic E-state index is 5.77. The first-order valence-electron chi connectivity index (χ1n) is 18.1. The maximum Gasteiger partial charge on any atom is 0.228 e. The Bertz CT molecular complexity index is 2160. The second kappa shape index (κ2) is 17.1. The summed E-state index contributed by atoms with van der Waals surface area (Å²) in [6.07, 6.45) is 5.56. The van der Waals surface area contributed by atoms with Gasteiger partial charge in [-0.05, 0) is 98.9 Å². The van der Waals surface area contributed by atoms with Gasteiger partial charge in [-0.25, -0.2) is 19.9 Å². The molecule has 2 aliphatic heterocycles. The van der Waals surface area contributed by atoms with Gasteiger partial charge in [0.05, 0.1) is 35.9 Å². The van der Waals surface area contributed by atoms with Gasteiger partial charge in [0, 0.05) is 61.8 Å². The monoisotopic (exact) mass is 732 g/mol. The normalized spacial score (nSPS) is 13.9. The molecule has 53 heavy (non-hydrogen) atoms. The topological polar surface area (TPSA) is 132 Å². The molecule has 0 fully saturated rings. The minimum absolute atomic E-state index is 0.287. The molecule has 0 atom stereocenters. The fourth-order valence-electron chi connectivity index (χ4n) is 6.57. The Hall–Kier alpha value is -5.17. The number of aryl methyl sites for hydroxylation is 4. The lowest BCUT2D eigenvalue weighted by atomic mass is 10.0. The molecule has 2 aliphatic rings. The first-order chi connectivity index (χ1) is 25.6. The van der Waals surface area contributed by atoms with Crippen LogP contribution in [0.5, 0.6) is 0 Å². The Morgan fingerprint density at radius 2 is 1.23 bits per heavy atom. The third-order valence-corrected chi connectivity index (χ3v) is 9.74. The third kappa shape index (κ3) is 9.64. The highest BCUT2D eigenvalue weighted by atomic mass is 35.5. The van der Waals surface area contributed by atoms with Crippen molar-refractivity contribution in [3.05, 3.63) is 112 Å². The van der Waals surface area contributed by atoms with E-state index in [4.69, 9.17) is 17.3 Å². The largest absolute Gasteiger partial charge is 0.382 e. The van der Waals surface area contributed by atoms with Crippen LogP contribution < -0.4 is 11.1 Å². The van der Waals surface area contributed by atoms with Crippen LogP contribution in [0.1, 0.15) is 47.5 Å². The van der Waals surface area contributed by atoms with Crippen molar-refractivity contribution in [3.8, 4) is 22.5 Å². The molecule has 2 aromatic carbocycles. The van der Waals surface area contributed by atoms with Crippen LogP contribution in [0.15, 0.2) is 73.1 Å². The number of likely N-dealkylation sites (N-methyl/N-ethyl adjacent to an activating group) is 2. The molecule has 6 heterocycles. The first kappa shape index (κ1) is 37.6. The van der Waals surface area contributed by atoms with Gasteiger partial charge in [0.15, 0.2) is 5.82 Å². The zero-order valence-corrected chi connectivity index (χ0v) is 32.3. The summed E-state index contributed by atoms with van der Waals surface area (Å²) < 4.78 is 4.04. The van der Waals surface area contributed by atoms with Crippen LogP contribution in [0.3, 0.4) is 0 Å². The fraction of sp³-hybridized carbons (Fsp3) is 0.350. The van der Waals surface area contributed by atoms with E-state index < -0.39 is 0 Å². The number of nitrogen functional groups attached to an aromatic ring is 1. The van der Waals surface area contributed by atoms with Crippen molar-refractivity contribution >= 4 is 29.2 Å². The van der Waals surface area contributed by atoms with Gasteiger partial charge < -0.3 is 11.1 Å². The molecule has 0 unspecified atom stereocenters. The number of halogens is 1.